The van der Waals surface area contributed by atoms with Crippen molar-refractivity contribution < 1.29 is 28.7 Å². The molecule has 0 saturated heterocycles. The predicted octanol–water partition coefficient (Wildman–Crippen LogP) is -0.00790. The summed E-state index contributed by atoms with van der Waals surface area (Å²) in [5.41, 5.74) is -1.78. The van der Waals surface area contributed by atoms with Gasteiger partial charge in [0.2, 0.25) is 0 Å². The molecule has 1 N–H and O–H groups in total. The molecule has 0 aromatic rings. The van der Waals surface area contributed by atoms with E-state index in [2.05, 4.69) is 10.3 Å². The molecule has 9 nitrogen and oxygen atoms in total. The quantitative estimate of drug-likeness (QED) is 0.511. The molecule has 3 rings (SSSR count). The Kier molecular flexibility index (Phi) is 4.93. The molecule has 27 heavy (non-hydrogen) atoms. The zero-order valence-electron chi connectivity index (χ0n) is 15.0. The number of rotatable bonds is 6. The molecule has 2 aliphatic heterocycles. The zero-order valence-corrected chi connectivity index (χ0v) is 15.0. The number of Topliss-reactive ketones (excluding diaryl/α,β-unsaturated/α-hetero) is 1. The molecule has 0 aromatic heterocycles. The van der Waals surface area contributed by atoms with E-state index in [0.717, 1.165) is 0 Å². The number of fused-ring (bicyclic) bond motifs is 2. The number of hydrogen-bond donors (Lipinski definition) is 1. The molecule has 1 amide bonds. The van der Waals surface area contributed by atoms with Gasteiger partial charge in [0, 0.05) is 12.6 Å². The number of nitrogens with one attached hydrogen (secondary N) is 1. The molecule has 1 aliphatic carbocycles. The van der Waals surface area contributed by atoms with Crippen molar-refractivity contribution in [2.75, 3.05) is 19.8 Å². The molecule has 3 aliphatic rings. The molecule has 1 spiro atoms. The summed E-state index contributed by atoms with van der Waals surface area (Å²) in [7, 11) is 0. The first kappa shape index (κ1) is 18.6. The monoisotopic (exact) mass is 373 g/mol. The summed E-state index contributed by atoms with van der Waals surface area (Å²) in [4.78, 5) is 55.2. The van der Waals surface area contributed by atoms with E-state index in [0.29, 0.717) is 5.84 Å². The van der Waals surface area contributed by atoms with Crippen LogP contribution in [-0.4, -0.2) is 59.7 Å². The molecular formula is C18H19N3O6. The first-order valence-electron chi connectivity index (χ1n) is 8.57. The molecule has 142 valence electrons. The van der Waals surface area contributed by atoms with Gasteiger partial charge in [0.1, 0.15) is 18.0 Å². The minimum absolute atomic E-state index is 0.0164. The van der Waals surface area contributed by atoms with Crippen LogP contribution in [0.3, 0.4) is 0 Å². The van der Waals surface area contributed by atoms with Crippen LogP contribution in [0, 0.1) is 0 Å². The van der Waals surface area contributed by atoms with Crippen molar-refractivity contribution >= 4 is 29.5 Å². The molecule has 0 aromatic carbocycles. The summed E-state index contributed by atoms with van der Waals surface area (Å²) >= 11 is 0. The van der Waals surface area contributed by atoms with Gasteiger partial charge < -0.3 is 19.7 Å². The summed E-state index contributed by atoms with van der Waals surface area (Å²) in [5, 5.41) is 2.77. The van der Waals surface area contributed by atoms with E-state index in [1.165, 1.54) is 4.90 Å². The number of ketones is 1. The van der Waals surface area contributed by atoms with Gasteiger partial charge in [-0.15, -0.1) is 0 Å². The van der Waals surface area contributed by atoms with Gasteiger partial charge in [-0.2, -0.15) is 4.99 Å². The molecular weight excluding hydrogens is 354 g/mol. The van der Waals surface area contributed by atoms with Gasteiger partial charge in [-0.3, -0.25) is 14.4 Å². The average molecular weight is 373 g/mol. The Bertz CT molecular complexity index is 838. The van der Waals surface area contributed by atoms with Gasteiger partial charge in [-0.05, 0) is 26.0 Å². The Morgan fingerprint density at radius 3 is 2.67 bits per heavy atom. The highest BCUT2D eigenvalue weighted by molar-refractivity contribution is 6.26. The normalized spacial score (nSPS) is 23.0. The molecule has 0 bridgehead atoms. The van der Waals surface area contributed by atoms with E-state index >= 15 is 0 Å². The number of aliphatic imine (C=N–C) groups is 1. The standard InChI is InChI=1S/C18H19N3O6/c1-3-26-13(23)10-19-15-14(16(24)27-4-2)11(22)9-18(15)17(25)20-12-7-5-6-8-21(12)18/h5-8,19H,3-4,9-10H2,1-2H3. The van der Waals surface area contributed by atoms with E-state index in [1.807, 2.05) is 0 Å². The van der Waals surface area contributed by atoms with Crippen molar-refractivity contribution in [2.45, 2.75) is 25.8 Å². The van der Waals surface area contributed by atoms with E-state index in [-0.39, 0.29) is 37.4 Å². The van der Waals surface area contributed by atoms with Crippen LogP contribution < -0.4 is 5.32 Å². The van der Waals surface area contributed by atoms with E-state index in [1.54, 1.807) is 38.3 Å². The number of esters is 2. The van der Waals surface area contributed by atoms with Gasteiger partial charge in [-0.25, -0.2) is 4.79 Å². The lowest BCUT2D eigenvalue weighted by Crippen LogP contribution is -2.53. The lowest BCUT2D eigenvalue weighted by molar-refractivity contribution is -0.142. The highest BCUT2D eigenvalue weighted by Crippen LogP contribution is 2.42. The Hall–Kier alpha value is -3.23. The summed E-state index contributed by atoms with van der Waals surface area (Å²) in [6, 6.07) is 0. The minimum atomic E-state index is -1.53. The second-order valence-corrected chi connectivity index (χ2v) is 5.94. The highest BCUT2D eigenvalue weighted by Gasteiger charge is 2.60. The van der Waals surface area contributed by atoms with E-state index < -0.39 is 29.2 Å². The number of amides is 1. The van der Waals surface area contributed by atoms with Crippen LogP contribution in [0.1, 0.15) is 20.3 Å². The van der Waals surface area contributed by atoms with E-state index in [4.69, 9.17) is 9.47 Å². The van der Waals surface area contributed by atoms with Crippen LogP contribution in [0.2, 0.25) is 0 Å². The van der Waals surface area contributed by atoms with Crippen LogP contribution in [0.25, 0.3) is 0 Å². The lowest BCUT2D eigenvalue weighted by Gasteiger charge is -2.35. The molecule has 0 saturated carbocycles. The maximum Gasteiger partial charge on any atom is 0.343 e. The molecule has 2 heterocycles. The Labute approximate surface area is 155 Å². The van der Waals surface area contributed by atoms with Crippen molar-refractivity contribution in [3.8, 4) is 0 Å². The summed E-state index contributed by atoms with van der Waals surface area (Å²) in [6.07, 6.45) is 6.35. The highest BCUT2D eigenvalue weighted by atomic mass is 16.5. The number of carbonyl (C=O) groups is 4. The third kappa shape index (κ3) is 2.94. The van der Waals surface area contributed by atoms with Gasteiger partial charge in [0.25, 0.3) is 5.91 Å². The summed E-state index contributed by atoms with van der Waals surface area (Å²) < 4.78 is 9.86. The second-order valence-electron chi connectivity index (χ2n) is 5.94. The number of allylic oxidation sites excluding steroid dienone is 2. The Morgan fingerprint density at radius 1 is 1.22 bits per heavy atom. The van der Waals surface area contributed by atoms with Crippen LogP contribution in [0.15, 0.2) is 40.7 Å². The maximum atomic E-state index is 12.8. The first-order valence-corrected chi connectivity index (χ1v) is 8.57. The van der Waals surface area contributed by atoms with Crippen molar-refractivity contribution in [1.82, 2.24) is 10.2 Å². The fraction of sp³-hybridized carbons (Fsp3) is 0.389. The molecule has 9 heteroatoms. The number of nitrogens with zero attached hydrogens (tertiary/aromatic N) is 2. The van der Waals surface area contributed by atoms with Gasteiger partial charge in [0.05, 0.1) is 18.9 Å². The van der Waals surface area contributed by atoms with Crippen LogP contribution in [0.4, 0.5) is 0 Å². The number of ether oxygens (including phenoxy) is 2. The molecule has 1 atom stereocenters. The topological polar surface area (TPSA) is 114 Å². The third-order valence-electron chi connectivity index (χ3n) is 4.37. The van der Waals surface area contributed by atoms with Gasteiger partial charge >= 0.3 is 11.9 Å². The lowest BCUT2D eigenvalue weighted by atomic mass is 9.93. The van der Waals surface area contributed by atoms with Crippen LogP contribution in [-0.2, 0) is 28.7 Å². The number of hydrogen-bond acceptors (Lipinski definition) is 8. The average Bonchev–Trinajstić information content (AvgIpc) is 3.08. The number of amidine groups is 1. The van der Waals surface area contributed by atoms with E-state index in [9.17, 15) is 19.2 Å². The van der Waals surface area contributed by atoms with Crippen molar-refractivity contribution in [3.05, 3.63) is 35.7 Å². The maximum absolute atomic E-state index is 12.8. The van der Waals surface area contributed by atoms with Crippen molar-refractivity contribution in [3.63, 3.8) is 0 Å². The Morgan fingerprint density at radius 2 is 1.96 bits per heavy atom. The van der Waals surface area contributed by atoms with Crippen LogP contribution in [0.5, 0.6) is 0 Å². The summed E-state index contributed by atoms with van der Waals surface area (Å²) in [5.74, 6) is -2.21. The van der Waals surface area contributed by atoms with Gasteiger partial charge in [-0.1, -0.05) is 6.08 Å². The van der Waals surface area contributed by atoms with Crippen molar-refractivity contribution in [1.29, 1.82) is 0 Å². The predicted molar refractivity (Wildman–Crippen MR) is 93.2 cm³/mol. The fourth-order valence-corrected chi connectivity index (χ4v) is 3.32. The molecule has 0 fully saturated rings. The summed E-state index contributed by atoms with van der Waals surface area (Å²) in [6.45, 7) is 3.21. The molecule has 0 radical (unpaired) electrons. The minimum Gasteiger partial charge on any atom is -0.465 e. The SMILES string of the molecule is CCOC(=O)CNC1=C(C(=O)OCC)C(=O)CC12C(=O)N=C1C=CC=CN12. The largest absolute Gasteiger partial charge is 0.465 e. The second kappa shape index (κ2) is 7.18. The fourth-order valence-electron chi connectivity index (χ4n) is 3.32. The Balaban J connectivity index is 2.05. The zero-order chi connectivity index (χ0) is 19.6. The van der Waals surface area contributed by atoms with Crippen molar-refractivity contribution in [2.24, 2.45) is 4.99 Å². The smallest absolute Gasteiger partial charge is 0.343 e. The molecule has 1 unspecified atom stereocenters. The van der Waals surface area contributed by atoms with Crippen LogP contribution >= 0.6 is 0 Å². The number of carbonyl (C=O) groups excluding carboxylic acids is 4. The third-order valence-corrected chi connectivity index (χ3v) is 4.37. The van der Waals surface area contributed by atoms with Gasteiger partial charge in [0.15, 0.2) is 11.3 Å². The first-order chi connectivity index (χ1) is 13.0.